The number of rotatable bonds is 11. The number of carbonyl (C=O) groups excluding carboxylic acids is 1. The van der Waals surface area contributed by atoms with Crippen molar-refractivity contribution in [3.05, 3.63) is 44.6 Å². The lowest BCUT2D eigenvalue weighted by Gasteiger charge is -2.17. The van der Waals surface area contributed by atoms with Gasteiger partial charge in [0, 0.05) is 20.6 Å². The summed E-state index contributed by atoms with van der Waals surface area (Å²) < 4.78 is 6.05. The molecule has 0 spiro atoms. The molecule has 2 rings (SSSR count). The average molecular weight is 471 g/mol. The van der Waals surface area contributed by atoms with E-state index in [-0.39, 0.29) is 36.9 Å². The maximum absolute atomic E-state index is 12.2. The number of aliphatic hydroxyl groups excluding tert-OH is 1. The monoisotopic (exact) mass is 470 g/mol. The van der Waals surface area contributed by atoms with Crippen molar-refractivity contribution in [2.75, 3.05) is 13.2 Å². The number of thiophene rings is 1. The number of aliphatic carboxylic acids is 1. The molecule has 3 atom stereocenters. The average Bonchev–Trinajstić information content (AvgIpc) is 3.16. The van der Waals surface area contributed by atoms with E-state index in [9.17, 15) is 14.7 Å². The summed E-state index contributed by atoms with van der Waals surface area (Å²) in [5.41, 5.74) is 0. The summed E-state index contributed by atoms with van der Waals surface area (Å²) in [6.45, 7) is 1.98. The molecular weight excluding hydrogens is 444 g/mol. The Hall–Kier alpha value is -1.28. The van der Waals surface area contributed by atoms with Crippen LogP contribution in [0.15, 0.2) is 34.8 Å². The molecule has 1 aromatic heterocycles. The van der Waals surface area contributed by atoms with E-state index < -0.39 is 5.97 Å². The maximum Gasteiger partial charge on any atom is 0.329 e. The van der Waals surface area contributed by atoms with E-state index >= 15 is 0 Å². The number of carbonyl (C=O) groups is 2. The Kier molecular flexibility index (Phi) is 9.58. The van der Waals surface area contributed by atoms with Crippen LogP contribution in [-0.4, -0.2) is 41.3 Å². The summed E-state index contributed by atoms with van der Waals surface area (Å²) in [4.78, 5) is 25.0. The van der Waals surface area contributed by atoms with Crippen LogP contribution in [0.2, 0.25) is 0 Å². The Morgan fingerprint density at radius 1 is 1.36 bits per heavy atom. The molecule has 2 N–H and O–H groups in total. The molecule has 0 bridgehead atoms. The number of carboxylic acids is 1. The molecule has 1 aromatic rings. The summed E-state index contributed by atoms with van der Waals surface area (Å²) in [6, 6.07) is 2.08. The number of ketones is 1. The fourth-order valence-electron chi connectivity index (χ4n) is 3.38. The van der Waals surface area contributed by atoms with Crippen LogP contribution in [0.3, 0.4) is 0 Å². The second kappa shape index (κ2) is 11.7. The van der Waals surface area contributed by atoms with E-state index in [4.69, 9.17) is 9.84 Å². The molecule has 0 aliphatic heterocycles. The first kappa shape index (κ1) is 23.0. The molecule has 0 radical (unpaired) electrons. The molecule has 1 aliphatic rings. The molecule has 1 heterocycles. The molecule has 7 heteroatoms. The van der Waals surface area contributed by atoms with Crippen molar-refractivity contribution < 1.29 is 24.5 Å². The molecule has 0 amide bonds. The molecule has 0 aromatic carbocycles. The number of hydrogen-bond donors (Lipinski definition) is 2. The highest BCUT2D eigenvalue weighted by Crippen LogP contribution is 2.36. The standard InChI is InChI=1S/C21H27BrO5S/c1-14-19(22)12-17(28-14)9-8-16(23)7-5-15-6-10-20(24)18(15)4-2-3-11-27-13-21(25)26/h2-3,5,7,12,15,18,20,24H,4,6,8-11,13H2,1H3,(H,25,26)/b3-2-,7-5+/t15-,18+,20?/m0/s1. The third kappa shape index (κ3) is 7.62. The van der Waals surface area contributed by atoms with Gasteiger partial charge in [-0.15, -0.1) is 11.3 Å². The fraction of sp³-hybridized carbons (Fsp3) is 0.524. The van der Waals surface area contributed by atoms with Gasteiger partial charge < -0.3 is 14.9 Å². The number of halogens is 1. The van der Waals surface area contributed by atoms with Gasteiger partial charge in [-0.1, -0.05) is 18.2 Å². The number of hydrogen-bond acceptors (Lipinski definition) is 5. The van der Waals surface area contributed by atoms with E-state index in [1.165, 1.54) is 9.75 Å². The van der Waals surface area contributed by atoms with Gasteiger partial charge in [0.15, 0.2) is 5.78 Å². The van der Waals surface area contributed by atoms with Crippen LogP contribution in [0.5, 0.6) is 0 Å². The zero-order valence-corrected chi connectivity index (χ0v) is 18.4. The van der Waals surface area contributed by atoms with E-state index in [1.807, 2.05) is 12.2 Å². The third-order valence-electron chi connectivity index (χ3n) is 4.91. The van der Waals surface area contributed by atoms with Gasteiger partial charge in [-0.2, -0.15) is 0 Å². The highest BCUT2D eigenvalue weighted by Gasteiger charge is 2.32. The normalized spacial score (nSPS) is 22.5. The third-order valence-corrected chi connectivity index (χ3v) is 7.11. The molecule has 5 nitrogen and oxygen atoms in total. The minimum atomic E-state index is -0.990. The topological polar surface area (TPSA) is 83.8 Å². The molecule has 154 valence electrons. The fourth-order valence-corrected chi connectivity index (χ4v) is 4.99. The SMILES string of the molecule is Cc1sc(CCC(=O)/C=C/[C@H]2CCC(O)[C@@H]2C/C=C\COCC(=O)O)cc1Br. The smallest absolute Gasteiger partial charge is 0.329 e. The second-order valence-corrected chi connectivity index (χ2v) is 9.23. The lowest BCUT2D eigenvalue weighted by atomic mass is 9.90. The van der Waals surface area contributed by atoms with Gasteiger partial charge in [-0.25, -0.2) is 4.79 Å². The Labute approximate surface area is 178 Å². The van der Waals surface area contributed by atoms with Crippen molar-refractivity contribution in [2.24, 2.45) is 11.8 Å². The number of allylic oxidation sites excluding steroid dienone is 3. The van der Waals surface area contributed by atoms with Crippen LogP contribution in [-0.2, 0) is 20.7 Å². The number of ether oxygens (including phenoxy) is 1. The number of carboxylic acid groups (broad SMARTS) is 1. The van der Waals surface area contributed by atoms with E-state index in [0.29, 0.717) is 12.8 Å². The first-order valence-electron chi connectivity index (χ1n) is 9.45. The predicted octanol–water partition coefficient (Wildman–Crippen LogP) is 4.31. The van der Waals surface area contributed by atoms with Gasteiger partial charge in [0.2, 0.25) is 0 Å². The minimum absolute atomic E-state index is 0.0793. The summed E-state index contributed by atoms with van der Waals surface area (Å²) >= 11 is 5.21. The van der Waals surface area contributed by atoms with E-state index in [1.54, 1.807) is 23.5 Å². The summed E-state index contributed by atoms with van der Waals surface area (Å²) in [5, 5.41) is 18.7. The Bertz CT molecular complexity index is 705. The first-order chi connectivity index (χ1) is 13.4. The molecule has 1 saturated carbocycles. The number of aryl methyl sites for hydroxylation is 2. The number of aliphatic hydroxyl groups is 1. The van der Waals surface area contributed by atoms with Crippen molar-refractivity contribution in [3.8, 4) is 0 Å². The van der Waals surface area contributed by atoms with Crippen LogP contribution < -0.4 is 0 Å². The van der Waals surface area contributed by atoms with Gasteiger partial charge >= 0.3 is 5.97 Å². The van der Waals surface area contributed by atoms with Crippen LogP contribution >= 0.6 is 27.3 Å². The predicted molar refractivity (Wildman–Crippen MR) is 114 cm³/mol. The Morgan fingerprint density at radius 3 is 2.82 bits per heavy atom. The van der Waals surface area contributed by atoms with Gasteiger partial charge in [0.05, 0.1) is 12.7 Å². The maximum atomic E-state index is 12.2. The molecule has 1 fully saturated rings. The molecular formula is C21H27BrO5S. The zero-order chi connectivity index (χ0) is 20.5. The van der Waals surface area contributed by atoms with Crippen molar-refractivity contribution >= 4 is 39.0 Å². The summed E-state index contributed by atoms with van der Waals surface area (Å²) in [7, 11) is 0. The highest BCUT2D eigenvalue weighted by atomic mass is 79.9. The van der Waals surface area contributed by atoms with E-state index in [0.717, 1.165) is 23.7 Å². The van der Waals surface area contributed by atoms with E-state index in [2.05, 4.69) is 28.9 Å². The van der Waals surface area contributed by atoms with Gasteiger partial charge in [-0.05, 0) is 72.5 Å². The van der Waals surface area contributed by atoms with Crippen LogP contribution in [0.4, 0.5) is 0 Å². The van der Waals surface area contributed by atoms with Crippen LogP contribution in [0.25, 0.3) is 0 Å². The van der Waals surface area contributed by atoms with Gasteiger partial charge in [-0.3, -0.25) is 4.79 Å². The molecule has 28 heavy (non-hydrogen) atoms. The lowest BCUT2D eigenvalue weighted by Crippen LogP contribution is -2.17. The minimum Gasteiger partial charge on any atom is -0.480 e. The quantitative estimate of drug-likeness (QED) is 0.286. The van der Waals surface area contributed by atoms with Crippen LogP contribution in [0.1, 0.15) is 35.4 Å². The molecule has 1 unspecified atom stereocenters. The summed E-state index contributed by atoms with van der Waals surface area (Å²) in [6.07, 6.45) is 10.5. The lowest BCUT2D eigenvalue weighted by molar-refractivity contribution is -0.141. The van der Waals surface area contributed by atoms with Crippen LogP contribution in [0, 0.1) is 18.8 Å². The highest BCUT2D eigenvalue weighted by molar-refractivity contribution is 9.10. The summed E-state index contributed by atoms with van der Waals surface area (Å²) in [5.74, 6) is -0.617. The van der Waals surface area contributed by atoms with Crippen molar-refractivity contribution in [2.45, 2.75) is 45.1 Å². The largest absolute Gasteiger partial charge is 0.480 e. The second-order valence-electron chi connectivity index (χ2n) is 7.03. The van der Waals surface area contributed by atoms with Gasteiger partial charge in [0.25, 0.3) is 0 Å². The van der Waals surface area contributed by atoms with Gasteiger partial charge in [0.1, 0.15) is 6.61 Å². The zero-order valence-electron chi connectivity index (χ0n) is 16.0. The van der Waals surface area contributed by atoms with Crippen molar-refractivity contribution in [3.63, 3.8) is 0 Å². The Morgan fingerprint density at radius 2 is 2.14 bits per heavy atom. The van der Waals surface area contributed by atoms with Crippen molar-refractivity contribution in [1.82, 2.24) is 0 Å². The Balaban J connectivity index is 1.77. The molecule has 1 aliphatic carbocycles. The van der Waals surface area contributed by atoms with Crippen molar-refractivity contribution in [1.29, 1.82) is 0 Å². The first-order valence-corrected chi connectivity index (χ1v) is 11.1. The molecule has 0 saturated heterocycles.